The van der Waals surface area contributed by atoms with E-state index >= 15 is 0 Å². The van der Waals surface area contributed by atoms with E-state index in [0.717, 1.165) is 24.0 Å². The molecule has 2 aliphatic rings. The summed E-state index contributed by atoms with van der Waals surface area (Å²) in [6.07, 6.45) is 4.50. The molecule has 1 spiro atoms. The van der Waals surface area contributed by atoms with Crippen LogP contribution in [0, 0.1) is 5.41 Å². The molecule has 1 saturated heterocycles. The molecule has 2 heterocycles. The molecular formula is C23H25BrN2O5. The number of likely N-dealkylation sites (tertiary alicyclic amines) is 1. The maximum absolute atomic E-state index is 12.5. The largest absolute Gasteiger partial charge is 0.480 e. The Morgan fingerprint density at radius 2 is 1.81 bits per heavy atom. The lowest BCUT2D eigenvalue weighted by Crippen LogP contribution is -2.56. The van der Waals surface area contributed by atoms with E-state index in [-0.39, 0.29) is 24.7 Å². The van der Waals surface area contributed by atoms with Gasteiger partial charge in [-0.3, -0.25) is 0 Å². The second kappa shape index (κ2) is 8.96. The maximum Gasteiger partial charge on any atom is 0.410 e. The Bertz CT molecular complexity index is 936. The Balaban J connectivity index is 1.36. The molecule has 8 heteroatoms. The highest BCUT2D eigenvalue weighted by Crippen LogP contribution is 2.61. The van der Waals surface area contributed by atoms with Crippen LogP contribution in [-0.4, -0.2) is 46.7 Å². The van der Waals surface area contributed by atoms with Crippen LogP contribution in [-0.2, 0) is 26.5 Å². The fraction of sp³-hybridized carbons (Fsp3) is 0.435. The second-order valence-electron chi connectivity index (χ2n) is 8.40. The summed E-state index contributed by atoms with van der Waals surface area (Å²) in [6, 6.07) is 13.4. The summed E-state index contributed by atoms with van der Waals surface area (Å²) in [5, 5.41) is 9.13. The van der Waals surface area contributed by atoms with Crippen LogP contribution in [0.4, 0.5) is 4.79 Å². The average molecular weight is 489 g/mol. The normalized spacial score (nSPS) is 18.9. The first-order chi connectivity index (χ1) is 14.9. The minimum atomic E-state index is -0.990. The molecule has 1 aromatic carbocycles. The van der Waals surface area contributed by atoms with E-state index in [4.69, 9.17) is 14.6 Å². The number of benzene rings is 1. The molecule has 0 radical (unpaired) electrons. The average Bonchev–Trinajstić information content (AvgIpc) is 2.76. The van der Waals surface area contributed by atoms with Crippen molar-refractivity contribution in [2.45, 2.75) is 37.9 Å². The van der Waals surface area contributed by atoms with Crippen molar-refractivity contribution in [3.8, 4) is 0 Å². The van der Waals surface area contributed by atoms with Gasteiger partial charge in [-0.05, 0) is 58.7 Å². The Morgan fingerprint density at radius 1 is 1.10 bits per heavy atom. The molecule has 31 heavy (non-hydrogen) atoms. The molecule has 4 rings (SSSR count). The van der Waals surface area contributed by atoms with Crippen molar-refractivity contribution in [2.24, 2.45) is 5.41 Å². The number of pyridine rings is 1. The van der Waals surface area contributed by atoms with Gasteiger partial charge in [-0.1, -0.05) is 36.4 Å². The van der Waals surface area contributed by atoms with Crippen LogP contribution >= 0.6 is 15.9 Å². The first-order valence-electron chi connectivity index (χ1n) is 10.3. The molecule has 1 aliphatic carbocycles. The van der Waals surface area contributed by atoms with Crippen molar-refractivity contribution in [3.05, 3.63) is 64.4 Å². The standard InChI is InChI=1S/C23H25BrN2O5/c24-20-18(7-4-10-25-20)23(31-14-19(27)28)15-22(16-23)8-11-26(12-9-22)21(29)30-13-17-5-2-1-3-6-17/h1-7,10H,8-9,11-16H2,(H,27,28). The third-order valence-electron chi connectivity index (χ3n) is 6.33. The predicted octanol–water partition coefficient (Wildman–Crippen LogP) is 4.35. The number of halogens is 1. The van der Waals surface area contributed by atoms with Crippen LogP contribution in [0.3, 0.4) is 0 Å². The number of aromatic nitrogens is 1. The Kier molecular flexibility index (Phi) is 6.29. The smallest absolute Gasteiger partial charge is 0.410 e. The van der Waals surface area contributed by atoms with Crippen molar-refractivity contribution in [1.29, 1.82) is 0 Å². The van der Waals surface area contributed by atoms with Crippen LogP contribution in [0.2, 0.25) is 0 Å². The first-order valence-corrected chi connectivity index (χ1v) is 11.1. The summed E-state index contributed by atoms with van der Waals surface area (Å²) >= 11 is 3.48. The van der Waals surface area contributed by atoms with Gasteiger partial charge in [-0.25, -0.2) is 14.6 Å². The highest BCUT2D eigenvalue weighted by Gasteiger charge is 2.58. The fourth-order valence-electron chi connectivity index (χ4n) is 4.78. The molecule has 0 unspecified atom stereocenters. The molecule has 164 valence electrons. The van der Waals surface area contributed by atoms with Gasteiger partial charge >= 0.3 is 12.1 Å². The van der Waals surface area contributed by atoms with Crippen molar-refractivity contribution in [2.75, 3.05) is 19.7 Å². The van der Waals surface area contributed by atoms with Gasteiger partial charge in [0.2, 0.25) is 0 Å². The molecule has 7 nitrogen and oxygen atoms in total. The number of nitrogens with zero attached hydrogens (tertiary/aromatic N) is 2. The summed E-state index contributed by atoms with van der Waals surface area (Å²) < 4.78 is 12.0. The molecule has 1 amide bonds. The van der Waals surface area contributed by atoms with Crippen LogP contribution in [0.15, 0.2) is 53.3 Å². The quantitative estimate of drug-likeness (QED) is 0.607. The highest BCUT2D eigenvalue weighted by atomic mass is 79.9. The number of ether oxygens (including phenoxy) is 2. The van der Waals surface area contributed by atoms with Crippen molar-refractivity contribution >= 4 is 28.0 Å². The number of amides is 1. The number of carboxylic acids is 1. The monoisotopic (exact) mass is 488 g/mol. The van der Waals surface area contributed by atoms with Crippen molar-refractivity contribution in [3.63, 3.8) is 0 Å². The molecule has 2 fully saturated rings. The van der Waals surface area contributed by atoms with Crippen molar-refractivity contribution in [1.82, 2.24) is 9.88 Å². The Morgan fingerprint density at radius 3 is 2.45 bits per heavy atom. The summed E-state index contributed by atoms with van der Waals surface area (Å²) in [7, 11) is 0. The molecule has 0 bridgehead atoms. The molecule has 1 saturated carbocycles. The molecular weight excluding hydrogens is 464 g/mol. The summed E-state index contributed by atoms with van der Waals surface area (Å²) in [4.78, 5) is 29.6. The molecule has 1 aromatic heterocycles. The minimum absolute atomic E-state index is 0.0317. The van der Waals surface area contributed by atoms with Crippen LogP contribution in [0.1, 0.15) is 36.8 Å². The third kappa shape index (κ3) is 4.75. The number of rotatable bonds is 6. The van der Waals surface area contributed by atoms with E-state index in [1.54, 1.807) is 11.1 Å². The van der Waals surface area contributed by atoms with E-state index in [9.17, 15) is 9.59 Å². The zero-order valence-electron chi connectivity index (χ0n) is 17.1. The van der Waals surface area contributed by atoms with E-state index < -0.39 is 11.6 Å². The molecule has 2 aromatic rings. The van der Waals surface area contributed by atoms with Gasteiger partial charge in [-0.2, -0.15) is 0 Å². The lowest BCUT2D eigenvalue weighted by molar-refractivity contribution is -0.198. The number of hydrogen-bond donors (Lipinski definition) is 1. The lowest BCUT2D eigenvalue weighted by Gasteiger charge is -2.58. The van der Waals surface area contributed by atoms with Crippen LogP contribution < -0.4 is 0 Å². The number of carbonyl (C=O) groups is 2. The van der Waals surface area contributed by atoms with Gasteiger partial charge in [0.05, 0.1) is 5.60 Å². The predicted molar refractivity (Wildman–Crippen MR) is 116 cm³/mol. The Hall–Kier alpha value is -2.45. The first kappa shape index (κ1) is 21.8. The number of piperidine rings is 1. The van der Waals surface area contributed by atoms with Crippen molar-refractivity contribution < 1.29 is 24.2 Å². The topological polar surface area (TPSA) is 89.0 Å². The van der Waals surface area contributed by atoms with E-state index in [1.807, 2.05) is 42.5 Å². The van der Waals surface area contributed by atoms with Gasteiger partial charge in [0.15, 0.2) is 0 Å². The molecule has 1 aliphatic heterocycles. The summed E-state index contributed by atoms with van der Waals surface area (Å²) in [6.45, 7) is 1.16. The summed E-state index contributed by atoms with van der Waals surface area (Å²) in [5.41, 5.74) is 1.21. The maximum atomic E-state index is 12.5. The van der Waals surface area contributed by atoms with E-state index in [1.165, 1.54) is 0 Å². The van der Waals surface area contributed by atoms with Gasteiger partial charge < -0.3 is 19.5 Å². The second-order valence-corrected chi connectivity index (χ2v) is 9.15. The van der Waals surface area contributed by atoms with Crippen LogP contribution in [0.25, 0.3) is 0 Å². The number of aliphatic carboxylic acids is 1. The molecule has 1 N–H and O–H groups in total. The van der Waals surface area contributed by atoms with E-state index in [0.29, 0.717) is 30.5 Å². The number of carbonyl (C=O) groups excluding carboxylic acids is 1. The molecule has 0 atom stereocenters. The van der Waals surface area contributed by atoms with Gasteiger partial charge in [0, 0.05) is 24.8 Å². The SMILES string of the molecule is O=C(O)COC1(c2cccnc2Br)CC2(CCN(C(=O)OCc3ccccc3)CC2)C1. The highest BCUT2D eigenvalue weighted by molar-refractivity contribution is 9.10. The number of carboxylic acid groups (broad SMARTS) is 1. The van der Waals surface area contributed by atoms with E-state index in [2.05, 4.69) is 20.9 Å². The zero-order chi connectivity index (χ0) is 21.9. The lowest BCUT2D eigenvalue weighted by atomic mass is 9.53. The van der Waals surface area contributed by atoms with Gasteiger partial charge in [-0.15, -0.1) is 0 Å². The van der Waals surface area contributed by atoms with Gasteiger partial charge in [0.1, 0.15) is 17.8 Å². The third-order valence-corrected chi connectivity index (χ3v) is 6.96. The zero-order valence-corrected chi connectivity index (χ0v) is 18.7. The number of hydrogen-bond acceptors (Lipinski definition) is 5. The fourth-order valence-corrected chi connectivity index (χ4v) is 5.40. The van der Waals surface area contributed by atoms with Gasteiger partial charge in [0.25, 0.3) is 0 Å². The minimum Gasteiger partial charge on any atom is -0.480 e. The summed E-state index contributed by atoms with van der Waals surface area (Å²) in [5.74, 6) is -0.990. The Labute approximate surface area is 189 Å². The van der Waals surface area contributed by atoms with Crippen LogP contribution in [0.5, 0.6) is 0 Å².